The maximum absolute atomic E-state index is 12.2. The summed E-state index contributed by atoms with van der Waals surface area (Å²) >= 11 is 0. The van der Waals surface area contributed by atoms with E-state index in [1.165, 1.54) is 0 Å². The lowest BCUT2D eigenvalue weighted by Crippen LogP contribution is -2.44. The molecule has 0 radical (unpaired) electrons. The first kappa shape index (κ1) is 15.5. The first-order valence-corrected chi connectivity index (χ1v) is 7.07. The minimum Gasteiger partial charge on any atom is -0.388 e. The largest absolute Gasteiger partial charge is 0.388 e. The third-order valence-corrected chi connectivity index (χ3v) is 3.85. The average molecular weight is 320 g/mol. The molecule has 1 aromatic rings. The Balaban J connectivity index is 1.92. The molecule has 0 spiro atoms. The molecule has 0 aromatic carbocycles. The van der Waals surface area contributed by atoms with Crippen LogP contribution < -0.4 is 16.2 Å². The van der Waals surface area contributed by atoms with Gasteiger partial charge >= 0.3 is 0 Å². The predicted octanol–water partition coefficient (Wildman–Crippen LogP) is -1.90. The highest BCUT2D eigenvalue weighted by atomic mass is 16.5. The zero-order chi connectivity index (χ0) is 16.7. The number of hydrogen-bond donors (Lipinski definition) is 4. The number of nitrogens with one attached hydrogen (secondary N) is 1. The molecule has 9 heteroatoms. The van der Waals surface area contributed by atoms with Crippen LogP contribution in [0.5, 0.6) is 0 Å². The van der Waals surface area contributed by atoms with Crippen LogP contribution in [0.2, 0.25) is 0 Å². The van der Waals surface area contributed by atoms with Gasteiger partial charge in [0.05, 0.1) is 12.0 Å². The van der Waals surface area contributed by atoms with Crippen molar-refractivity contribution in [3.63, 3.8) is 0 Å². The van der Waals surface area contributed by atoms with E-state index in [2.05, 4.69) is 21.8 Å². The summed E-state index contributed by atoms with van der Waals surface area (Å²) in [5.74, 6) is 4.63. The molecule has 0 bridgehead atoms. The van der Waals surface area contributed by atoms with E-state index in [-0.39, 0.29) is 30.2 Å². The van der Waals surface area contributed by atoms with Crippen molar-refractivity contribution in [3.05, 3.63) is 15.9 Å². The summed E-state index contributed by atoms with van der Waals surface area (Å²) in [6.45, 7) is 1.57. The zero-order valence-corrected chi connectivity index (χ0v) is 12.3. The van der Waals surface area contributed by atoms with Gasteiger partial charge in [0.1, 0.15) is 18.3 Å². The molecule has 1 saturated heterocycles. The van der Waals surface area contributed by atoms with Gasteiger partial charge < -0.3 is 20.7 Å². The fourth-order valence-electron chi connectivity index (χ4n) is 2.84. The molecule has 1 amide bonds. The van der Waals surface area contributed by atoms with Crippen molar-refractivity contribution >= 4 is 17.7 Å². The highest BCUT2D eigenvalue weighted by Crippen LogP contribution is 2.33. The Hall–Kier alpha value is -2.41. The van der Waals surface area contributed by atoms with Crippen molar-refractivity contribution in [2.45, 2.75) is 44.3 Å². The van der Waals surface area contributed by atoms with Gasteiger partial charge in [-0.3, -0.25) is 19.5 Å². The lowest BCUT2D eigenvalue weighted by Gasteiger charge is -2.26. The van der Waals surface area contributed by atoms with Crippen LogP contribution in [0.15, 0.2) is 4.79 Å². The highest BCUT2D eigenvalue weighted by Gasteiger charge is 2.46. The molecule has 1 aromatic heterocycles. The van der Waals surface area contributed by atoms with E-state index in [0.29, 0.717) is 0 Å². The van der Waals surface area contributed by atoms with Gasteiger partial charge in [0.2, 0.25) is 11.9 Å². The van der Waals surface area contributed by atoms with Crippen molar-refractivity contribution in [2.75, 3.05) is 10.6 Å². The molecule has 4 atom stereocenters. The predicted molar refractivity (Wildman–Crippen MR) is 79.2 cm³/mol. The number of ether oxygens (including phenoxy) is 1. The Morgan fingerprint density at radius 3 is 2.96 bits per heavy atom. The number of H-pyrrole nitrogens is 1. The van der Waals surface area contributed by atoms with Gasteiger partial charge in [-0.2, -0.15) is 4.98 Å². The van der Waals surface area contributed by atoms with Gasteiger partial charge in [-0.1, -0.05) is 5.92 Å². The molecule has 4 unspecified atom stereocenters. The third kappa shape index (κ3) is 2.57. The molecule has 23 heavy (non-hydrogen) atoms. The number of nitrogens with two attached hydrogens (primary N) is 1. The number of aliphatic hydroxyl groups is 2. The number of carbonyl (C=O) groups is 1. The van der Waals surface area contributed by atoms with Crippen LogP contribution in [0.1, 0.15) is 18.9 Å². The van der Waals surface area contributed by atoms with Crippen molar-refractivity contribution in [2.24, 2.45) is 0 Å². The second kappa shape index (κ2) is 5.66. The summed E-state index contributed by atoms with van der Waals surface area (Å²) in [5, 5.41) is 20.1. The first-order valence-electron chi connectivity index (χ1n) is 7.07. The Bertz CT molecular complexity index is 765. The average Bonchev–Trinajstić information content (AvgIpc) is 2.99. The third-order valence-electron chi connectivity index (χ3n) is 3.85. The first-order chi connectivity index (χ1) is 10.9. The number of amides is 1. The summed E-state index contributed by atoms with van der Waals surface area (Å²) in [4.78, 5) is 31.5. The van der Waals surface area contributed by atoms with Gasteiger partial charge in [0, 0.05) is 6.42 Å². The van der Waals surface area contributed by atoms with Crippen LogP contribution in [0.3, 0.4) is 0 Å². The maximum atomic E-state index is 12.2. The quantitative estimate of drug-likeness (QED) is 0.466. The normalized spacial score (nSPS) is 27.5. The summed E-state index contributed by atoms with van der Waals surface area (Å²) in [7, 11) is 0. The number of anilines is 2. The minimum atomic E-state index is -1.07. The molecule has 2 aliphatic rings. The molecular formula is C14H16N4O5. The van der Waals surface area contributed by atoms with Gasteiger partial charge in [0.15, 0.2) is 12.0 Å². The number of rotatable bonds is 2. The fraction of sp³-hybridized carbons (Fsp3) is 0.500. The number of fused-ring (bicyclic) bond motifs is 1. The molecule has 0 saturated carbocycles. The van der Waals surface area contributed by atoms with Gasteiger partial charge in [-0.05, 0) is 6.92 Å². The lowest BCUT2D eigenvalue weighted by molar-refractivity contribution is -0.121. The molecule has 3 heterocycles. The number of carbonyl (C=O) groups excluding carboxylic acids is 1. The van der Waals surface area contributed by atoms with E-state index in [1.54, 1.807) is 6.92 Å². The second-order valence-electron chi connectivity index (χ2n) is 5.40. The lowest BCUT2D eigenvalue weighted by atomic mass is 10.1. The SMILES string of the molecule is CC#CC(O)C1CC(O)C(N2C(=O)Cc3c2nc(N)[nH]c3=O)O1. The fourth-order valence-corrected chi connectivity index (χ4v) is 2.84. The van der Waals surface area contributed by atoms with Gasteiger partial charge in [0.25, 0.3) is 5.56 Å². The van der Waals surface area contributed by atoms with E-state index >= 15 is 0 Å². The Morgan fingerprint density at radius 1 is 1.52 bits per heavy atom. The summed E-state index contributed by atoms with van der Waals surface area (Å²) < 4.78 is 5.59. The van der Waals surface area contributed by atoms with Crippen LogP contribution >= 0.6 is 0 Å². The number of aromatic nitrogens is 2. The number of aromatic amines is 1. The van der Waals surface area contributed by atoms with E-state index in [4.69, 9.17) is 10.5 Å². The summed E-state index contributed by atoms with van der Waals surface area (Å²) in [6.07, 6.45) is -3.93. The topological polar surface area (TPSA) is 142 Å². The van der Waals surface area contributed by atoms with Crippen LogP contribution in [-0.2, 0) is 16.0 Å². The Morgan fingerprint density at radius 2 is 2.26 bits per heavy atom. The van der Waals surface area contributed by atoms with Crippen LogP contribution in [-0.4, -0.2) is 50.6 Å². The van der Waals surface area contributed by atoms with Crippen LogP contribution in [0, 0.1) is 11.8 Å². The van der Waals surface area contributed by atoms with Crippen molar-refractivity contribution in [3.8, 4) is 11.8 Å². The van der Waals surface area contributed by atoms with Crippen molar-refractivity contribution in [1.82, 2.24) is 9.97 Å². The zero-order valence-electron chi connectivity index (χ0n) is 12.3. The van der Waals surface area contributed by atoms with E-state index in [1.807, 2.05) is 0 Å². The smallest absolute Gasteiger partial charge is 0.258 e. The highest BCUT2D eigenvalue weighted by molar-refractivity contribution is 6.00. The second-order valence-corrected chi connectivity index (χ2v) is 5.40. The Kier molecular flexibility index (Phi) is 3.81. The molecule has 0 aliphatic carbocycles. The van der Waals surface area contributed by atoms with Crippen molar-refractivity contribution < 1.29 is 19.7 Å². The van der Waals surface area contributed by atoms with E-state index in [9.17, 15) is 19.8 Å². The number of nitrogen functional groups attached to an aromatic ring is 1. The molecular weight excluding hydrogens is 304 g/mol. The van der Waals surface area contributed by atoms with Gasteiger partial charge in [-0.25, -0.2) is 0 Å². The van der Waals surface area contributed by atoms with E-state index < -0.39 is 36.0 Å². The molecule has 2 aliphatic heterocycles. The van der Waals surface area contributed by atoms with Crippen LogP contribution in [0.4, 0.5) is 11.8 Å². The van der Waals surface area contributed by atoms with Gasteiger partial charge in [-0.15, -0.1) is 5.92 Å². The van der Waals surface area contributed by atoms with E-state index in [0.717, 1.165) is 4.90 Å². The Labute approximate surface area is 131 Å². The minimum absolute atomic E-state index is 0.0806. The maximum Gasteiger partial charge on any atom is 0.258 e. The van der Waals surface area contributed by atoms with Crippen LogP contribution in [0.25, 0.3) is 0 Å². The number of aliphatic hydroxyl groups excluding tert-OH is 2. The number of nitrogens with zero attached hydrogens (tertiary/aromatic N) is 2. The number of hydrogen-bond acceptors (Lipinski definition) is 7. The molecule has 122 valence electrons. The summed E-state index contributed by atoms with van der Waals surface area (Å²) in [5.41, 5.74) is 5.20. The molecule has 1 fully saturated rings. The molecule has 5 N–H and O–H groups in total. The monoisotopic (exact) mass is 320 g/mol. The molecule has 3 rings (SSSR count). The standard InChI is InChI=1S/C14H16N4O5/c1-2-3-7(19)9-5-8(20)13(23-9)18-10(21)4-6-11(18)16-14(15)17-12(6)22/h7-9,13,19-20H,4-5H2,1H3,(H3,15,16,17,22). The van der Waals surface area contributed by atoms with Crippen molar-refractivity contribution in [1.29, 1.82) is 0 Å². The molecule has 9 nitrogen and oxygen atoms in total. The summed E-state index contributed by atoms with van der Waals surface area (Å²) in [6, 6.07) is 0.